The molecule has 0 aromatic carbocycles. The van der Waals surface area contributed by atoms with Crippen LogP contribution in [0.25, 0.3) is 0 Å². The van der Waals surface area contributed by atoms with Crippen molar-refractivity contribution < 1.29 is 168 Å². The van der Waals surface area contributed by atoms with Crippen LogP contribution in [-0.2, 0) is 76.0 Å². The van der Waals surface area contributed by atoms with Gasteiger partial charge in [0.25, 0.3) is 0 Å². The Morgan fingerprint density at radius 3 is 1.08 bits per heavy atom. The van der Waals surface area contributed by atoms with Crippen molar-refractivity contribution in [3.63, 3.8) is 0 Å². The molecule has 85 heavy (non-hydrogen) atoms. The molecule has 7 aliphatic rings. The highest BCUT2D eigenvalue weighted by atomic mass is 16.8. The molecule has 21 N–H and O–H groups in total. The van der Waals surface area contributed by atoms with E-state index in [0.717, 1.165) is 20.8 Å². The quantitative estimate of drug-likeness (QED) is 0.0538. The molecule has 0 saturated carbocycles. The van der Waals surface area contributed by atoms with Gasteiger partial charge < -0.3 is 169 Å². The molecule has 7 heterocycles. The minimum atomic E-state index is -2.12. The van der Waals surface area contributed by atoms with Crippen LogP contribution in [-0.4, -0.2) is 357 Å². The average molecular weight is 1240 g/mol. The van der Waals surface area contributed by atoms with Crippen molar-refractivity contribution in [2.45, 2.75) is 249 Å². The second-order valence-corrected chi connectivity index (χ2v) is 21.8. The molecule has 7 fully saturated rings. The summed E-state index contributed by atoms with van der Waals surface area (Å²) in [4.78, 5) is 38.0. The molecule has 7 saturated heterocycles. The number of ether oxygens (including phenoxy) is 13. The van der Waals surface area contributed by atoms with Gasteiger partial charge in [0.05, 0.1) is 45.2 Å². The number of carbonyl (C=O) groups is 3. The van der Waals surface area contributed by atoms with Crippen LogP contribution in [0.3, 0.4) is 0 Å². The van der Waals surface area contributed by atoms with E-state index in [1.54, 1.807) is 0 Å². The van der Waals surface area contributed by atoms with E-state index in [1.165, 1.54) is 13.8 Å². The van der Waals surface area contributed by atoms with E-state index in [4.69, 9.17) is 61.6 Å². The predicted molar refractivity (Wildman–Crippen MR) is 264 cm³/mol. The van der Waals surface area contributed by atoms with Crippen LogP contribution in [0, 0.1) is 0 Å². The first kappa shape index (κ1) is 69.6. The lowest BCUT2D eigenvalue weighted by Crippen LogP contribution is -2.71. The molecule has 0 unspecified atom stereocenters. The largest absolute Gasteiger partial charge is 0.394 e. The lowest BCUT2D eigenvalue weighted by atomic mass is 9.93. The Morgan fingerprint density at radius 1 is 0.329 bits per heavy atom. The Morgan fingerprint density at radius 2 is 0.682 bits per heavy atom. The Kier molecular flexibility index (Phi) is 24.5. The molecule has 35 atom stereocenters. The molecule has 7 rings (SSSR count). The highest BCUT2D eigenvalue weighted by molar-refractivity contribution is 5.74. The molecule has 7 aliphatic heterocycles. The third kappa shape index (κ3) is 15.3. The van der Waals surface area contributed by atoms with E-state index in [9.17, 15) is 106 Å². The maximum Gasteiger partial charge on any atom is 0.217 e. The number of amides is 3. The average Bonchev–Trinajstić information content (AvgIpc) is 2.04. The minimum absolute atomic E-state index is 0.820. The van der Waals surface area contributed by atoms with Gasteiger partial charge in [0.1, 0.15) is 159 Å². The molecule has 0 bridgehead atoms. The first-order chi connectivity index (χ1) is 40.1. The summed E-state index contributed by atoms with van der Waals surface area (Å²) in [5.41, 5.74) is 0. The molecular weight excluding hydrogens is 1160 g/mol. The number of aliphatic hydroxyl groups is 18. The van der Waals surface area contributed by atoms with Crippen LogP contribution in [0.2, 0.25) is 0 Å². The predicted octanol–water partition coefficient (Wildman–Crippen LogP) is -13.8. The van der Waals surface area contributed by atoms with Crippen LogP contribution >= 0.6 is 0 Å². The molecule has 0 aliphatic carbocycles. The van der Waals surface area contributed by atoms with Gasteiger partial charge in [0, 0.05) is 20.8 Å². The highest BCUT2D eigenvalue weighted by Crippen LogP contribution is 2.37. The third-order valence-corrected chi connectivity index (χ3v) is 15.7. The topological polar surface area (TPSA) is 571 Å². The van der Waals surface area contributed by atoms with Gasteiger partial charge in [-0.2, -0.15) is 0 Å². The Balaban J connectivity index is 1.10. The molecular formula is C48H81N3O34. The van der Waals surface area contributed by atoms with Crippen molar-refractivity contribution >= 4 is 17.7 Å². The maximum atomic E-state index is 12.8. The molecule has 0 spiro atoms. The maximum absolute atomic E-state index is 12.8. The van der Waals surface area contributed by atoms with Crippen molar-refractivity contribution in [3.8, 4) is 0 Å². The zero-order valence-electron chi connectivity index (χ0n) is 46.3. The second kappa shape index (κ2) is 29.9. The SMILES string of the molecule is CC(=O)N[C@@H]1[C@@H](O[C@@H]2O[C@H](CO)[C@@H](O[C@@H]3O[C@H](CO)[C@H](O)[C@H](O)[C@H]3O[C@@H]3O[C@@H](C)[C@@H](O)[C@@H](O)[C@@H]3O)[C@H](O)[C@H]2NC(C)=O)[C@@H](O)[C@@H](CO[C@@H]2O[C@H](CO)[C@@H](O[C@@H]3O[C@H](CO)[C@H](O)[C@H](O)[C@H]3O[C@@H]3O[C@@H](C)[C@@H](O)[C@@H](O)[C@@H]3O)[C@H](O)[C@H]2NC(C)=O)O[C@H]1O. The van der Waals surface area contributed by atoms with Crippen molar-refractivity contribution in [2.75, 3.05) is 33.0 Å². The lowest BCUT2D eigenvalue weighted by Gasteiger charge is -2.50. The summed E-state index contributed by atoms with van der Waals surface area (Å²) in [6.45, 7) is 0.864. The van der Waals surface area contributed by atoms with Crippen molar-refractivity contribution in [1.29, 1.82) is 0 Å². The molecule has 0 aromatic rings. The van der Waals surface area contributed by atoms with Gasteiger partial charge in [-0.25, -0.2) is 0 Å². The van der Waals surface area contributed by atoms with Crippen LogP contribution in [0.1, 0.15) is 34.6 Å². The number of carbonyl (C=O) groups excluding carboxylic acids is 3. The Hall–Kier alpha value is -2.83. The second-order valence-electron chi connectivity index (χ2n) is 21.8. The van der Waals surface area contributed by atoms with E-state index < -0.39 is 266 Å². The summed E-state index contributed by atoms with van der Waals surface area (Å²) in [7, 11) is 0. The van der Waals surface area contributed by atoms with Crippen molar-refractivity contribution in [1.82, 2.24) is 16.0 Å². The van der Waals surface area contributed by atoms with Crippen LogP contribution in [0.5, 0.6) is 0 Å². The number of aliphatic hydroxyl groups excluding tert-OH is 18. The van der Waals surface area contributed by atoms with E-state index in [-0.39, 0.29) is 0 Å². The fourth-order valence-electron chi connectivity index (χ4n) is 11.0. The zero-order chi connectivity index (χ0) is 62.8. The summed E-state index contributed by atoms with van der Waals surface area (Å²) in [5.74, 6) is -2.51. The van der Waals surface area contributed by atoms with E-state index >= 15 is 0 Å². The van der Waals surface area contributed by atoms with Gasteiger partial charge in [-0.3, -0.25) is 14.4 Å². The lowest BCUT2D eigenvalue weighted by molar-refractivity contribution is -0.386. The van der Waals surface area contributed by atoms with Crippen LogP contribution in [0.15, 0.2) is 0 Å². The monoisotopic (exact) mass is 1240 g/mol. The van der Waals surface area contributed by atoms with Crippen molar-refractivity contribution in [3.05, 3.63) is 0 Å². The van der Waals surface area contributed by atoms with E-state index in [0.29, 0.717) is 0 Å². The zero-order valence-corrected chi connectivity index (χ0v) is 46.3. The molecule has 37 nitrogen and oxygen atoms in total. The number of hydrogen-bond donors (Lipinski definition) is 21. The molecule has 0 aromatic heterocycles. The van der Waals surface area contributed by atoms with Gasteiger partial charge in [0.2, 0.25) is 17.7 Å². The van der Waals surface area contributed by atoms with Gasteiger partial charge in [-0.15, -0.1) is 0 Å². The number of rotatable bonds is 20. The summed E-state index contributed by atoms with van der Waals surface area (Å²) in [6.07, 6.45) is -58.4. The van der Waals surface area contributed by atoms with Crippen molar-refractivity contribution in [2.24, 2.45) is 0 Å². The van der Waals surface area contributed by atoms with Gasteiger partial charge >= 0.3 is 0 Å². The summed E-state index contributed by atoms with van der Waals surface area (Å²) >= 11 is 0. The minimum Gasteiger partial charge on any atom is -0.394 e. The molecule has 492 valence electrons. The fraction of sp³-hybridized carbons (Fsp3) is 0.938. The fourth-order valence-corrected chi connectivity index (χ4v) is 11.0. The summed E-state index contributed by atoms with van der Waals surface area (Å²) < 4.78 is 75.7. The van der Waals surface area contributed by atoms with Crippen LogP contribution < -0.4 is 16.0 Å². The third-order valence-electron chi connectivity index (χ3n) is 15.7. The molecule has 0 radical (unpaired) electrons. The normalized spacial score (nSPS) is 49.8. The van der Waals surface area contributed by atoms with E-state index in [1.807, 2.05) is 0 Å². The number of hydrogen-bond acceptors (Lipinski definition) is 34. The molecule has 3 amide bonds. The summed E-state index contributed by atoms with van der Waals surface area (Å²) in [6, 6.07) is -5.24. The molecule has 37 heteroatoms. The Bertz CT molecular complexity index is 2150. The van der Waals surface area contributed by atoms with Gasteiger partial charge in [0.15, 0.2) is 44.0 Å². The first-order valence-electron chi connectivity index (χ1n) is 27.3. The van der Waals surface area contributed by atoms with Crippen LogP contribution in [0.4, 0.5) is 0 Å². The number of nitrogens with one attached hydrogen (secondary N) is 3. The van der Waals surface area contributed by atoms with E-state index in [2.05, 4.69) is 16.0 Å². The Labute approximate surface area is 483 Å². The standard InChI is InChI=1S/C48H81N3O34/c1-11-24(59)31(66)35(70)45(74-11)84-40-33(68)26(61)16(6-52)77-47(40)81-37-18(8-54)79-43(21(29(37)64)49-13(3)56)73-10-20-28(63)39(23(42(72)76-20)51-15(5)58)83-44-22(50-14(4)57)30(65)38(19(9-55)80-44)82-48-41(34(69)27(62)17(7-53)78-48)85-46-36(71)32(67)25(60)12(2)75-46/h11-12,16-48,52-55,59-72H,6-10H2,1-5H3,(H,49,56)(H,50,57)(H,51,58)/t11-,12-,16+,17+,18+,19+,20+,21+,22+,23+,24+,25+,26-,27-,28-,29+,30+,31+,32+,33-,34-,35-,36-,37+,38+,39+,40+,41+,42+,43+,44-,45-,46-,47-,48-/m0/s1. The van der Waals surface area contributed by atoms with Gasteiger partial charge in [-0.1, -0.05) is 0 Å². The smallest absolute Gasteiger partial charge is 0.217 e. The van der Waals surface area contributed by atoms with Gasteiger partial charge in [-0.05, 0) is 13.8 Å². The first-order valence-corrected chi connectivity index (χ1v) is 27.3. The highest BCUT2D eigenvalue weighted by Gasteiger charge is 2.58. The summed E-state index contributed by atoms with van der Waals surface area (Å²) in [5, 5.41) is 203.